The van der Waals surface area contributed by atoms with Crippen molar-refractivity contribution in [2.24, 2.45) is 0 Å². The number of thioether (sulfide) groups is 1. The molecule has 3 atom stereocenters. The third-order valence-electron chi connectivity index (χ3n) is 3.82. The lowest BCUT2D eigenvalue weighted by Crippen LogP contribution is -2.37. The summed E-state index contributed by atoms with van der Waals surface area (Å²) < 4.78 is 50.2. The van der Waals surface area contributed by atoms with Crippen molar-refractivity contribution in [1.29, 1.82) is 0 Å². The largest absolute Gasteiger partial charge is 0.433 e. The van der Waals surface area contributed by atoms with Crippen molar-refractivity contribution in [3.05, 3.63) is 29.3 Å². The van der Waals surface area contributed by atoms with E-state index in [0.717, 1.165) is 17.8 Å². The van der Waals surface area contributed by atoms with Crippen LogP contribution in [-0.4, -0.2) is 40.0 Å². The number of ketones is 1. The number of ether oxygens (including phenoxy) is 2. The summed E-state index contributed by atoms with van der Waals surface area (Å²) in [5.41, 5.74) is -0.791. The van der Waals surface area contributed by atoms with Gasteiger partial charge in [-0.05, 0) is 17.5 Å². The lowest BCUT2D eigenvalue weighted by molar-refractivity contribution is -0.151. The standard InChI is InChI=1S/C15H11F3N2O3S2/c16-15(17,18)12-4-7(10-2-1-3-24-10)19-14(20-12)25-11-5-8(21)13-22-6-9(11)23-13/h1-4,9,11,13H,5-6H2/t9-,11+,13+/m0/s1. The lowest BCUT2D eigenvalue weighted by atomic mass is 10.1. The second kappa shape index (κ2) is 6.35. The average molecular weight is 388 g/mol. The molecular weight excluding hydrogens is 377 g/mol. The first-order valence-corrected chi connectivity index (χ1v) is 9.12. The number of hydrogen-bond donors (Lipinski definition) is 0. The molecule has 2 aliphatic heterocycles. The van der Waals surface area contributed by atoms with E-state index in [0.29, 0.717) is 4.88 Å². The molecule has 4 heterocycles. The number of thiophene rings is 1. The number of Topliss-reactive ketones (excluding diaryl/α,β-unsaturated/α-hetero) is 1. The van der Waals surface area contributed by atoms with Crippen molar-refractivity contribution in [3.63, 3.8) is 0 Å². The maximum atomic E-state index is 13.2. The Kier molecular flexibility index (Phi) is 4.30. The third-order valence-corrected chi connectivity index (χ3v) is 5.88. The molecule has 2 aromatic rings. The lowest BCUT2D eigenvalue weighted by Gasteiger charge is -2.25. The molecular formula is C15H11F3N2O3S2. The molecule has 2 saturated heterocycles. The molecule has 0 unspecified atom stereocenters. The van der Waals surface area contributed by atoms with Crippen molar-refractivity contribution >= 4 is 28.9 Å². The van der Waals surface area contributed by atoms with Gasteiger partial charge >= 0.3 is 6.18 Å². The summed E-state index contributed by atoms with van der Waals surface area (Å²) in [7, 11) is 0. The molecule has 2 aromatic heterocycles. The molecule has 2 fully saturated rings. The first-order chi connectivity index (χ1) is 11.9. The predicted octanol–water partition coefficient (Wildman–Crippen LogP) is 3.40. The van der Waals surface area contributed by atoms with E-state index in [1.54, 1.807) is 17.5 Å². The summed E-state index contributed by atoms with van der Waals surface area (Å²) in [6.45, 7) is 0.241. The molecule has 25 heavy (non-hydrogen) atoms. The molecule has 0 radical (unpaired) electrons. The molecule has 2 bridgehead atoms. The highest BCUT2D eigenvalue weighted by atomic mass is 32.2. The summed E-state index contributed by atoms with van der Waals surface area (Å²) in [6.07, 6.45) is -5.61. The van der Waals surface area contributed by atoms with Crippen LogP contribution in [0.4, 0.5) is 13.2 Å². The van der Waals surface area contributed by atoms with Gasteiger partial charge in [-0.15, -0.1) is 11.3 Å². The zero-order valence-electron chi connectivity index (χ0n) is 12.5. The van der Waals surface area contributed by atoms with E-state index in [2.05, 4.69) is 9.97 Å². The monoisotopic (exact) mass is 388 g/mol. The number of alkyl halides is 3. The predicted molar refractivity (Wildman–Crippen MR) is 84.2 cm³/mol. The maximum absolute atomic E-state index is 13.2. The number of hydrogen-bond acceptors (Lipinski definition) is 7. The third kappa shape index (κ3) is 3.43. The molecule has 132 valence electrons. The fraction of sp³-hybridized carbons (Fsp3) is 0.400. The van der Waals surface area contributed by atoms with Gasteiger partial charge in [-0.25, -0.2) is 9.97 Å². The van der Waals surface area contributed by atoms with Crippen molar-refractivity contribution in [2.45, 2.75) is 35.4 Å². The van der Waals surface area contributed by atoms with Crippen LogP contribution >= 0.6 is 23.1 Å². The molecule has 0 spiro atoms. The van der Waals surface area contributed by atoms with Crippen molar-refractivity contribution in [2.75, 3.05) is 6.61 Å². The van der Waals surface area contributed by atoms with Gasteiger partial charge in [0.05, 0.1) is 23.3 Å². The smallest absolute Gasteiger partial charge is 0.343 e. The summed E-state index contributed by atoms with van der Waals surface area (Å²) in [5, 5.41) is 1.37. The topological polar surface area (TPSA) is 61.3 Å². The van der Waals surface area contributed by atoms with Crippen molar-refractivity contribution in [1.82, 2.24) is 9.97 Å². The minimum Gasteiger partial charge on any atom is -0.343 e. The van der Waals surface area contributed by atoms with Gasteiger partial charge in [0.1, 0.15) is 5.69 Å². The van der Waals surface area contributed by atoms with Gasteiger partial charge in [0.25, 0.3) is 0 Å². The molecule has 0 amide bonds. The second-order valence-electron chi connectivity index (χ2n) is 5.56. The van der Waals surface area contributed by atoms with Crippen LogP contribution in [-0.2, 0) is 20.4 Å². The van der Waals surface area contributed by atoms with E-state index in [4.69, 9.17) is 9.47 Å². The highest BCUT2D eigenvalue weighted by molar-refractivity contribution is 7.99. The van der Waals surface area contributed by atoms with Gasteiger partial charge in [-0.3, -0.25) is 4.79 Å². The van der Waals surface area contributed by atoms with E-state index in [1.165, 1.54) is 11.3 Å². The van der Waals surface area contributed by atoms with E-state index < -0.39 is 18.2 Å². The Labute approximate surface area is 148 Å². The van der Waals surface area contributed by atoms with Gasteiger partial charge in [0.15, 0.2) is 10.9 Å². The number of rotatable bonds is 3. The minimum atomic E-state index is -4.58. The van der Waals surface area contributed by atoms with Crippen LogP contribution in [0.3, 0.4) is 0 Å². The van der Waals surface area contributed by atoms with Crippen LogP contribution < -0.4 is 0 Å². The fourth-order valence-electron chi connectivity index (χ4n) is 2.64. The summed E-state index contributed by atoms with van der Waals surface area (Å²) in [5.74, 6) is -0.211. The average Bonchev–Trinajstić information content (AvgIpc) is 3.23. The zero-order valence-corrected chi connectivity index (χ0v) is 14.2. The van der Waals surface area contributed by atoms with E-state index in [-0.39, 0.29) is 41.0 Å². The quantitative estimate of drug-likeness (QED) is 0.751. The Morgan fingerprint density at radius 2 is 2.16 bits per heavy atom. The molecule has 4 rings (SSSR count). The van der Waals surface area contributed by atoms with Crippen LogP contribution in [0, 0.1) is 0 Å². The van der Waals surface area contributed by atoms with Crippen molar-refractivity contribution < 1.29 is 27.4 Å². The first kappa shape index (κ1) is 17.0. The SMILES string of the molecule is O=C1C[C@@H](Sc2nc(-c3cccs3)cc(C(F)(F)F)n2)[C@@H]2CO[C@@H]1O2. The number of halogens is 3. The molecule has 0 N–H and O–H groups in total. The van der Waals surface area contributed by atoms with Gasteiger partial charge in [0, 0.05) is 11.7 Å². The molecule has 5 nitrogen and oxygen atoms in total. The molecule has 0 aliphatic carbocycles. The summed E-state index contributed by atoms with van der Waals surface area (Å²) in [6, 6.07) is 4.38. The molecule has 10 heteroatoms. The minimum absolute atomic E-state index is 0.0232. The number of carbonyl (C=O) groups is 1. The second-order valence-corrected chi connectivity index (χ2v) is 7.72. The summed E-state index contributed by atoms with van der Waals surface area (Å²) in [4.78, 5) is 20.4. The van der Waals surface area contributed by atoms with E-state index in [9.17, 15) is 18.0 Å². The molecule has 2 aliphatic rings. The van der Waals surface area contributed by atoms with Crippen LogP contribution in [0.15, 0.2) is 28.7 Å². The highest BCUT2D eigenvalue weighted by Crippen LogP contribution is 2.38. The fourth-order valence-corrected chi connectivity index (χ4v) is 4.44. The van der Waals surface area contributed by atoms with Gasteiger partial charge in [-0.2, -0.15) is 13.2 Å². The van der Waals surface area contributed by atoms with Gasteiger partial charge in [-0.1, -0.05) is 17.8 Å². The van der Waals surface area contributed by atoms with Gasteiger partial charge in [0.2, 0.25) is 6.29 Å². The Bertz CT molecular complexity index is 798. The number of fused-ring (bicyclic) bond motifs is 2. The summed E-state index contributed by atoms with van der Waals surface area (Å²) >= 11 is 2.32. The zero-order chi connectivity index (χ0) is 17.6. The Balaban J connectivity index is 1.66. The van der Waals surface area contributed by atoms with Crippen molar-refractivity contribution in [3.8, 4) is 10.6 Å². The molecule has 0 saturated carbocycles. The van der Waals surface area contributed by atoms with Crippen LogP contribution in [0.1, 0.15) is 12.1 Å². The van der Waals surface area contributed by atoms with E-state index >= 15 is 0 Å². The van der Waals surface area contributed by atoms with Gasteiger partial charge < -0.3 is 9.47 Å². The molecule has 0 aromatic carbocycles. The van der Waals surface area contributed by atoms with Crippen LogP contribution in [0.25, 0.3) is 10.6 Å². The van der Waals surface area contributed by atoms with Crippen LogP contribution in [0.2, 0.25) is 0 Å². The first-order valence-electron chi connectivity index (χ1n) is 7.37. The number of carbonyl (C=O) groups excluding carboxylic acids is 1. The Hall–Kier alpha value is -1.49. The number of nitrogens with zero attached hydrogens (tertiary/aromatic N) is 2. The Morgan fingerprint density at radius 1 is 1.32 bits per heavy atom. The van der Waals surface area contributed by atoms with Crippen LogP contribution in [0.5, 0.6) is 0 Å². The van der Waals surface area contributed by atoms with E-state index in [1.807, 2.05) is 0 Å². The highest BCUT2D eigenvalue weighted by Gasteiger charge is 2.44. The maximum Gasteiger partial charge on any atom is 0.433 e. The number of aromatic nitrogens is 2. The Morgan fingerprint density at radius 3 is 2.88 bits per heavy atom. The normalized spacial score (nSPS) is 26.2.